The van der Waals surface area contributed by atoms with Gasteiger partial charge in [0, 0.05) is 10.7 Å². The van der Waals surface area contributed by atoms with E-state index < -0.39 is 0 Å². The van der Waals surface area contributed by atoms with Gasteiger partial charge in [-0.1, -0.05) is 43.3 Å². The molecule has 1 amide bonds. The lowest BCUT2D eigenvalue weighted by atomic mass is 10.1. The molecule has 118 valence electrons. The summed E-state index contributed by atoms with van der Waals surface area (Å²) in [6, 6.07) is 6.64. The van der Waals surface area contributed by atoms with Crippen LogP contribution >= 0.6 is 23.4 Å². The molecule has 0 saturated heterocycles. The van der Waals surface area contributed by atoms with E-state index >= 15 is 0 Å². The minimum Gasteiger partial charge on any atom is -0.414 e. The monoisotopic (exact) mass is 340 g/mol. The van der Waals surface area contributed by atoms with Gasteiger partial charge in [-0.25, -0.2) is 0 Å². The Hall–Kier alpha value is -1.57. The van der Waals surface area contributed by atoms with Crippen molar-refractivity contribution in [1.82, 2.24) is 10.2 Å². The molecule has 1 heterocycles. The third-order valence-electron chi connectivity index (χ3n) is 2.86. The number of carbonyl (C=O) groups is 1. The third-order valence-corrected chi connectivity index (χ3v) is 3.91. The summed E-state index contributed by atoms with van der Waals surface area (Å²) in [6.07, 6.45) is 0. The van der Waals surface area contributed by atoms with Crippen LogP contribution < -0.4 is 11.1 Å². The SMILES string of the molecule is CC(C)C(N)c1nnc(SCC(=O)Nc2cccc(Cl)c2)o1. The fourth-order valence-corrected chi connectivity index (χ4v) is 2.35. The van der Waals surface area contributed by atoms with Crippen LogP contribution in [0.3, 0.4) is 0 Å². The number of amides is 1. The predicted octanol–water partition coefficient (Wildman–Crippen LogP) is 3.11. The molecule has 0 saturated carbocycles. The Morgan fingerprint density at radius 3 is 2.91 bits per heavy atom. The van der Waals surface area contributed by atoms with Gasteiger partial charge in [0.25, 0.3) is 5.22 Å². The predicted molar refractivity (Wildman–Crippen MR) is 86.9 cm³/mol. The number of nitrogens with two attached hydrogens (primary N) is 1. The van der Waals surface area contributed by atoms with Crippen LogP contribution in [0.2, 0.25) is 5.02 Å². The number of rotatable bonds is 6. The highest BCUT2D eigenvalue weighted by atomic mass is 35.5. The molecule has 2 aromatic rings. The highest BCUT2D eigenvalue weighted by Crippen LogP contribution is 2.22. The zero-order valence-electron chi connectivity index (χ0n) is 12.2. The highest BCUT2D eigenvalue weighted by Gasteiger charge is 2.18. The molecule has 8 heteroatoms. The normalized spacial score (nSPS) is 12.4. The van der Waals surface area contributed by atoms with Gasteiger partial charge in [-0.05, 0) is 24.1 Å². The van der Waals surface area contributed by atoms with Crippen LogP contribution in [-0.4, -0.2) is 21.9 Å². The quantitative estimate of drug-likeness (QED) is 0.785. The molecule has 1 aromatic carbocycles. The highest BCUT2D eigenvalue weighted by molar-refractivity contribution is 7.99. The Kier molecular flexibility index (Phi) is 5.82. The van der Waals surface area contributed by atoms with Crippen LogP contribution in [0.15, 0.2) is 33.9 Å². The molecule has 1 unspecified atom stereocenters. The molecule has 3 N–H and O–H groups in total. The van der Waals surface area contributed by atoms with E-state index in [1.807, 2.05) is 13.8 Å². The first-order chi connectivity index (χ1) is 10.5. The molecule has 0 bridgehead atoms. The molecule has 1 aromatic heterocycles. The summed E-state index contributed by atoms with van der Waals surface area (Å²) in [6.45, 7) is 3.94. The van der Waals surface area contributed by atoms with Crippen LogP contribution in [0.1, 0.15) is 25.8 Å². The number of benzene rings is 1. The van der Waals surface area contributed by atoms with Crippen molar-refractivity contribution in [2.45, 2.75) is 25.1 Å². The Balaban J connectivity index is 1.86. The second-order valence-electron chi connectivity index (χ2n) is 5.02. The lowest BCUT2D eigenvalue weighted by molar-refractivity contribution is -0.113. The van der Waals surface area contributed by atoms with E-state index in [1.54, 1.807) is 24.3 Å². The van der Waals surface area contributed by atoms with E-state index in [9.17, 15) is 4.79 Å². The molecule has 0 aliphatic carbocycles. The van der Waals surface area contributed by atoms with Crippen molar-refractivity contribution in [1.29, 1.82) is 0 Å². The zero-order chi connectivity index (χ0) is 16.1. The number of halogens is 1. The van der Waals surface area contributed by atoms with Crippen LogP contribution in [0.25, 0.3) is 0 Å². The van der Waals surface area contributed by atoms with Crippen LogP contribution in [0.5, 0.6) is 0 Å². The average Bonchev–Trinajstić information content (AvgIpc) is 2.93. The number of hydrogen-bond donors (Lipinski definition) is 2. The first-order valence-corrected chi connectivity index (χ1v) is 8.09. The number of hydrogen-bond acceptors (Lipinski definition) is 6. The Morgan fingerprint density at radius 2 is 2.23 bits per heavy atom. The van der Waals surface area contributed by atoms with Crippen molar-refractivity contribution in [2.75, 3.05) is 11.1 Å². The molecule has 0 spiro atoms. The molecule has 0 aliphatic heterocycles. The van der Waals surface area contributed by atoms with E-state index in [1.165, 1.54) is 0 Å². The number of carbonyl (C=O) groups excluding carboxylic acids is 1. The summed E-state index contributed by atoms with van der Waals surface area (Å²) in [5.74, 6) is 0.558. The van der Waals surface area contributed by atoms with Gasteiger partial charge in [0.2, 0.25) is 11.8 Å². The molecule has 0 aliphatic rings. The zero-order valence-corrected chi connectivity index (χ0v) is 13.8. The van der Waals surface area contributed by atoms with Gasteiger partial charge in [0.15, 0.2) is 0 Å². The second kappa shape index (κ2) is 7.62. The third kappa shape index (κ3) is 4.72. The molecule has 2 rings (SSSR count). The summed E-state index contributed by atoms with van der Waals surface area (Å²) < 4.78 is 5.44. The number of aromatic nitrogens is 2. The standard InChI is InChI=1S/C14H17ClN4O2S/c1-8(2)12(16)13-18-19-14(21-13)22-7-11(20)17-10-5-3-4-9(15)6-10/h3-6,8,12H,7,16H2,1-2H3,(H,17,20). The maximum absolute atomic E-state index is 11.9. The fourth-order valence-electron chi connectivity index (χ4n) is 1.59. The van der Waals surface area contributed by atoms with E-state index in [-0.39, 0.29) is 23.6 Å². The summed E-state index contributed by atoms with van der Waals surface area (Å²) in [5, 5.41) is 11.4. The van der Waals surface area contributed by atoms with Gasteiger partial charge in [0.05, 0.1) is 11.8 Å². The van der Waals surface area contributed by atoms with Crippen molar-refractivity contribution in [2.24, 2.45) is 11.7 Å². The number of thioether (sulfide) groups is 1. The molecule has 6 nitrogen and oxygen atoms in total. The average molecular weight is 341 g/mol. The summed E-state index contributed by atoms with van der Waals surface area (Å²) >= 11 is 7.02. The summed E-state index contributed by atoms with van der Waals surface area (Å²) in [4.78, 5) is 11.9. The van der Waals surface area contributed by atoms with E-state index in [4.69, 9.17) is 21.8 Å². The largest absolute Gasteiger partial charge is 0.414 e. The van der Waals surface area contributed by atoms with Crippen LogP contribution in [0.4, 0.5) is 5.69 Å². The number of nitrogens with one attached hydrogen (secondary N) is 1. The maximum atomic E-state index is 11.9. The second-order valence-corrected chi connectivity index (χ2v) is 6.39. The van der Waals surface area contributed by atoms with Crippen molar-refractivity contribution < 1.29 is 9.21 Å². The number of nitrogens with zero attached hydrogens (tertiary/aromatic N) is 2. The molecule has 22 heavy (non-hydrogen) atoms. The van der Waals surface area contributed by atoms with E-state index in [0.29, 0.717) is 21.8 Å². The minimum absolute atomic E-state index is 0.158. The lowest BCUT2D eigenvalue weighted by Crippen LogP contribution is -2.16. The van der Waals surface area contributed by atoms with E-state index in [0.717, 1.165) is 11.8 Å². The van der Waals surface area contributed by atoms with Gasteiger partial charge in [-0.2, -0.15) is 0 Å². The Morgan fingerprint density at radius 1 is 1.45 bits per heavy atom. The summed E-state index contributed by atoms with van der Waals surface area (Å²) in [5.41, 5.74) is 6.57. The molecular weight excluding hydrogens is 324 g/mol. The molecule has 1 atom stereocenters. The summed E-state index contributed by atoms with van der Waals surface area (Å²) in [7, 11) is 0. The van der Waals surface area contributed by atoms with Crippen molar-refractivity contribution in [3.63, 3.8) is 0 Å². The van der Waals surface area contributed by atoms with Gasteiger partial charge in [0.1, 0.15) is 0 Å². The van der Waals surface area contributed by atoms with Gasteiger partial charge in [-0.3, -0.25) is 4.79 Å². The van der Waals surface area contributed by atoms with Crippen LogP contribution in [-0.2, 0) is 4.79 Å². The lowest BCUT2D eigenvalue weighted by Gasteiger charge is -2.09. The molecule has 0 fully saturated rings. The first kappa shape index (κ1) is 16.8. The van der Waals surface area contributed by atoms with Gasteiger partial charge >= 0.3 is 0 Å². The molecular formula is C14H17ClN4O2S. The molecule has 0 radical (unpaired) electrons. The maximum Gasteiger partial charge on any atom is 0.277 e. The van der Waals surface area contributed by atoms with Gasteiger partial charge in [-0.15, -0.1) is 10.2 Å². The Labute approximate surface area is 137 Å². The topological polar surface area (TPSA) is 94.0 Å². The van der Waals surface area contributed by atoms with Crippen molar-refractivity contribution in [3.05, 3.63) is 35.2 Å². The smallest absolute Gasteiger partial charge is 0.277 e. The minimum atomic E-state index is -0.304. The van der Waals surface area contributed by atoms with Crippen molar-refractivity contribution >= 4 is 35.0 Å². The van der Waals surface area contributed by atoms with E-state index in [2.05, 4.69) is 15.5 Å². The van der Waals surface area contributed by atoms with Crippen LogP contribution in [0, 0.1) is 5.92 Å². The first-order valence-electron chi connectivity index (χ1n) is 6.73. The number of anilines is 1. The van der Waals surface area contributed by atoms with Crippen molar-refractivity contribution in [3.8, 4) is 0 Å². The Bertz CT molecular complexity index is 647. The fraction of sp³-hybridized carbons (Fsp3) is 0.357. The van der Waals surface area contributed by atoms with Gasteiger partial charge < -0.3 is 15.5 Å².